The molecule has 1 aliphatic rings. The smallest absolute Gasteiger partial charge is 0.152 e. The summed E-state index contributed by atoms with van der Waals surface area (Å²) in [7, 11) is 0. The van der Waals surface area contributed by atoms with E-state index >= 15 is 0 Å². The number of hydrogen-bond acceptors (Lipinski definition) is 4. The summed E-state index contributed by atoms with van der Waals surface area (Å²) in [5.41, 5.74) is 2.91. The van der Waals surface area contributed by atoms with Crippen molar-refractivity contribution in [1.29, 1.82) is 0 Å². The van der Waals surface area contributed by atoms with Crippen LogP contribution in [0.15, 0.2) is 59.8 Å². The highest BCUT2D eigenvalue weighted by molar-refractivity contribution is 6.03. The van der Waals surface area contributed by atoms with E-state index in [0.717, 1.165) is 11.4 Å². The van der Waals surface area contributed by atoms with E-state index in [2.05, 4.69) is 10.3 Å². The Kier molecular flexibility index (Phi) is 4.62. The van der Waals surface area contributed by atoms with Gasteiger partial charge >= 0.3 is 0 Å². The molecule has 0 fully saturated rings. The fraction of sp³-hybridized carbons (Fsp3) is 0.238. The molecule has 2 heterocycles. The predicted octanol–water partition coefficient (Wildman–Crippen LogP) is 4.62. The summed E-state index contributed by atoms with van der Waals surface area (Å²) in [4.78, 5) is 5.55. The lowest BCUT2D eigenvalue weighted by Gasteiger charge is -2.12. The van der Waals surface area contributed by atoms with Crippen molar-refractivity contribution in [2.24, 2.45) is 5.16 Å². The molecule has 0 radical (unpaired) electrons. The Morgan fingerprint density at radius 1 is 1.15 bits per heavy atom. The molecular formula is C21H20FN3O2. The highest BCUT2D eigenvalue weighted by atomic mass is 19.1. The number of rotatable bonds is 5. The molecule has 2 aromatic carbocycles. The fourth-order valence-corrected chi connectivity index (χ4v) is 3.21. The summed E-state index contributed by atoms with van der Waals surface area (Å²) in [6.07, 6.45) is 0.298. The van der Waals surface area contributed by atoms with E-state index in [0.29, 0.717) is 35.7 Å². The fourth-order valence-electron chi connectivity index (χ4n) is 3.21. The number of aryl methyl sites for hydroxylation is 2. The molecule has 0 amide bonds. The van der Waals surface area contributed by atoms with Gasteiger partial charge in [-0.05, 0) is 44.2 Å². The van der Waals surface area contributed by atoms with Crippen LogP contribution >= 0.6 is 0 Å². The maximum atomic E-state index is 14.6. The average molecular weight is 365 g/mol. The van der Waals surface area contributed by atoms with Gasteiger partial charge in [0.2, 0.25) is 0 Å². The highest BCUT2D eigenvalue weighted by Crippen LogP contribution is 2.31. The Morgan fingerprint density at radius 3 is 2.70 bits per heavy atom. The first-order valence-electron chi connectivity index (χ1n) is 8.85. The third-order valence-electron chi connectivity index (χ3n) is 4.45. The Morgan fingerprint density at radius 2 is 1.96 bits per heavy atom. The van der Waals surface area contributed by atoms with Gasteiger partial charge < -0.3 is 9.57 Å². The van der Waals surface area contributed by atoms with E-state index in [1.165, 1.54) is 6.07 Å². The lowest BCUT2D eigenvalue weighted by molar-refractivity contribution is 0.0692. The Hall–Kier alpha value is -3.15. The molecule has 1 aliphatic heterocycles. The molecule has 0 bridgehead atoms. The van der Waals surface area contributed by atoms with Crippen molar-refractivity contribution >= 4 is 5.71 Å². The average Bonchev–Trinajstić information content (AvgIpc) is 3.22. The monoisotopic (exact) mass is 365 g/mol. The number of benzene rings is 2. The molecule has 0 aliphatic carbocycles. The number of aromatic nitrogens is 2. The molecule has 0 spiro atoms. The van der Waals surface area contributed by atoms with E-state index < -0.39 is 0 Å². The highest BCUT2D eigenvalue weighted by Gasteiger charge is 2.28. The second kappa shape index (κ2) is 7.23. The van der Waals surface area contributed by atoms with Crippen LogP contribution in [0.4, 0.5) is 4.39 Å². The van der Waals surface area contributed by atoms with Gasteiger partial charge in [0, 0.05) is 12.1 Å². The van der Waals surface area contributed by atoms with Crippen molar-refractivity contribution in [3.05, 3.63) is 77.4 Å². The van der Waals surface area contributed by atoms with Gasteiger partial charge in [0.15, 0.2) is 6.10 Å². The SMILES string of the molecule is Cc1cc(C)n(C[C@H]2CC(c3c(F)cccc3Oc3ccccc3)=NO2)n1. The summed E-state index contributed by atoms with van der Waals surface area (Å²) in [5, 5.41) is 8.59. The third-order valence-corrected chi connectivity index (χ3v) is 4.45. The molecule has 27 heavy (non-hydrogen) atoms. The van der Waals surface area contributed by atoms with E-state index in [4.69, 9.17) is 9.57 Å². The number of hydrogen-bond donors (Lipinski definition) is 0. The molecule has 1 atom stereocenters. The number of halogens is 1. The first-order chi connectivity index (χ1) is 13.1. The zero-order valence-electron chi connectivity index (χ0n) is 15.2. The van der Waals surface area contributed by atoms with Gasteiger partial charge in [-0.1, -0.05) is 29.4 Å². The van der Waals surface area contributed by atoms with Gasteiger partial charge in [-0.3, -0.25) is 4.68 Å². The molecule has 6 heteroatoms. The standard InChI is InChI=1S/C21H20FN3O2/c1-14-11-15(2)25(23-14)13-17-12-19(24-27-17)21-18(22)9-6-10-20(21)26-16-7-4-3-5-8-16/h3-11,17H,12-13H2,1-2H3/t17-/m1/s1. The zero-order valence-corrected chi connectivity index (χ0v) is 15.2. The van der Waals surface area contributed by atoms with Crippen molar-refractivity contribution in [2.45, 2.75) is 32.9 Å². The molecule has 4 rings (SSSR count). The van der Waals surface area contributed by atoms with Gasteiger partial charge in [0.1, 0.15) is 17.3 Å². The summed E-state index contributed by atoms with van der Waals surface area (Å²) in [5.74, 6) is 0.691. The molecule has 3 aromatic rings. The van der Waals surface area contributed by atoms with Gasteiger partial charge in [-0.2, -0.15) is 5.10 Å². The zero-order chi connectivity index (χ0) is 18.8. The van der Waals surface area contributed by atoms with Crippen LogP contribution in [0, 0.1) is 19.7 Å². The predicted molar refractivity (Wildman–Crippen MR) is 101 cm³/mol. The van der Waals surface area contributed by atoms with Crippen LogP contribution in [0.1, 0.15) is 23.4 Å². The molecule has 0 saturated carbocycles. The molecule has 5 nitrogen and oxygen atoms in total. The summed E-state index contributed by atoms with van der Waals surface area (Å²) < 4.78 is 22.4. The van der Waals surface area contributed by atoms with Crippen LogP contribution in [-0.2, 0) is 11.4 Å². The largest absolute Gasteiger partial charge is 0.457 e. The van der Waals surface area contributed by atoms with Crippen LogP contribution in [0.2, 0.25) is 0 Å². The first-order valence-corrected chi connectivity index (χ1v) is 8.85. The molecule has 0 N–H and O–H groups in total. The van der Waals surface area contributed by atoms with Gasteiger partial charge in [-0.25, -0.2) is 4.39 Å². The molecule has 0 unspecified atom stereocenters. The first kappa shape index (κ1) is 17.3. The van der Waals surface area contributed by atoms with Crippen molar-refractivity contribution in [1.82, 2.24) is 9.78 Å². The van der Waals surface area contributed by atoms with Crippen LogP contribution in [0.3, 0.4) is 0 Å². The topological polar surface area (TPSA) is 48.6 Å². The lowest BCUT2D eigenvalue weighted by atomic mass is 10.0. The number of para-hydroxylation sites is 1. The minimum atomic E-state index is -0.377. The Balaban J connectivity index is 1.54. The maximum absolute atomic E-state index is 14.6. The van der Waals surface area contributed by atoms with Gasteiger partial charge in [0.25, 0.3) is 0 Å². The molecule has 0 saturated heterocycles. The molecular weight excluding hydrogens is 345 g/mol. The van der Waals surface area contributed by atoms with Crippen LogP contribution in [0.25, 0.3) is 0 Å². The second-order valence-corrected chi connectivity index (χ2v) is 6.61. The maximum Gasteiger partial charge on any atom is 0.152 e. The van der Waals surface area contributed by atoms with E-state index in [1.807, 2.05) is 54.9 Å². The van der Waals surface area contributed by atoms with Gasteiger partial charge in [-0.15, -0.1) is 0 Å². The minimum Gasteiger partial charge on any atom is -0.457 e. The number of ether oxygens (including phenoxy) is 1. The Bertz CT molecular complexity index is 982. The lowest BCUT2D eigenvalue weighted by Crippen LogP contribution is -2.19. The van der Waals surface area contributed by atoms with Crippen LogP contribution in [0.5, 0.6) is 11.5 Å². The quantitative estimate of drug-likeness (QED) is 0.663. The minimum absolute atomic E-state index is 0.192. The van der Waals surface area contributed by atoms with Crippen molar-refractivity contribution in [3.8, 4) is 11.5 Å². The van der Waals surface area contributed by atoms with Crippen LogP contribution in [-0.4, -0.2) is 21.6 Å². The van der Waals surface area contributed by atoms with E-state index in [-0.39, 0.29) is 11.9 Å². The Labute approximate surface area is 157 Å². The summed E-state index contributed by atoms with van der Waals surface area (Å²) >= 11 is 0. The van der Waals surface area contributed by atoms with Crippen molar-refractivity contribution in [3.63, 3.8) is 0 Å². The summed E-state index contributed by atoms with van der Waals surface area (Å²) in [6, 6.07) is 16.1. The molecule has 1 aromatic heterocycles. The van der Waals surface area contributed by atoms with Crippen molar-refractivity contribution < 1.29 is 14.0 Å². The summed E-state index contributed by atoms with van der Waals surface area (Å²) in [6.45, 7) is 4.52. The van der Waals surface area contributed by atoms with Gasteiger partial charge in [0.05, 0.1) is 23.5 Å². The van der Waals surface area contributed by atoms with E-state index in [9.17, 15) is 4.39 Å². The second-order valence-electron chi connectivity index (χ2n) is 6.61. The van der Waals surface area contributed by atoms with E-state index in [1.54, 1.807) is 12.1 Å². The van der Waals surface area contributed by atoms with Crippen molar-refractivity contribution in [2.75, 3.05) is 0 Å². The normalized spacial score (nSPS) is 16.1. The molecule has 138 valence electrons. The van der Waals surface area contributed by atoms with Crippen LogP contribution < -0.4 is 4.74 Å². The number of nitrogens with zero attached hydrogens (tertiary/aromatic N) is 3. The third kappa shape index (κ3) is 3.69. The number of oxime groups is 1.